The minimum Gasteiger partial charge on any atom is -0.457 e. The molecular formula is C50H87O12P. The first kappa shape index (κ1) is 58.8. The Morgan fingerprint density at radius 2 is 0.937 bits per heavy atom. The lowest BCUT2D eigenvalue weighted by atomic mass is 9.85. The van der Waals surface area contributed by atoms with Gasteiger partial charge in [0, 0.05) is 13.0 Å². The third-order valence-electron chi connectivity index (χ3n) is 10.8. The van der Waals surface area contributed by atoms with E-state index < -0.39 is 63.1 Å². The first-order chi connectivity index (χ1) is 30.5. The van der Waals surface area contributed by atoms with Gasteiger partial charge in [-0.15, -0.1) is 0 Å². The number of rotatable bonds is 40. The summed E-state index contributed by atoms with van der Waals surface area (Å²) in [4.78, 5) is 23.1. The average Bonchev–Trinajstić information content (AvgIpc) is 3.27. The van der Waals surface area contributed by atoms with Gasteiger partial charge in [-0.05, 0) is 64.2 Å². The van der Waals surface area contributed by atoms with Gasteiger partial charge in [0.25, 0.3) is 0 Å². The molecule has 6 N–H and O–H groups in total. The van der Waals surface area contributed by atoms with Crippen LogP contribution in [0.1, 0.15) is 174 Å². The van der Waals surface area contributed by atoms with Crippen molar-refractivity contribution >= 4 is 13.8 Å². The Kier molecular flexibility index (Phi) is 37.4. The number of carbonyl (C=O) groups is 1. The summed E-state index contributed by atoms with van der Waals surface area (Å²) in [5, 5.41) is 50.2. The SMILES string of the molecule is CC/C=C\C/C=C\C/C=C\C/C=C\C/C=C\C/C=C\CCCCCCCOCC(COP(=O)(O)OC1C(O)C(O)C(O)C(O)C1O)OC(=O)CCCCCCCCCCCCCC. The highest BCUT2D eigenvalue weighted by Gasteiger charge is 2.51. The Hall–Kier alpha value is -2.22. The number of phosphoric ester groups is 1. The van der Waals surface area contributed by atoms with E-state index in [1.807, 2.05) is 0 Å². The Balaban J connectivity index is 2.36. The van der Waals surface area contributed by atoms with E-state index in [-0.39, 0.29) is 13.0 Å². The van der Waals surface area contributed by atoms with E-state index in [4.69, 9.17) is 18.5 Å². The van der Waals surface area contributed by atoms with Gasteiger partial charge in [0.1, 0.15) is 42.7 Å². The highest BCUT2D eigenvalue weighted by atomic mass is 31.2. The Bertz CT molecular complexity index is 1310. The Morgan fingerprint density at radius 1 is 0.524 bits per heavy atom. The molecule has 1 saturated carbocycles. The summed E-state index contributed by atoms with van der Waals surface area (Å²) in [6.07, 6.45) is 39.7. The van der Waals surface area contributed by atoms with E-state index in [9.17, 15) is 39.8 Å². The molecule has 1 aliphatic carbocycles. The molecule has 63 heavy (non-hydrogen) atoms. The zero-order valence-electron chi connectivity index (χ0n) is 38.8. The summed E-state index contributed by atoms with van der Waals surface area (Å²) in [6, 6.07) is 0. The first-order valence-corrected chi connectivity index (χ1v) is 25.8. The third-order valence-corrected chi connectivity index (χ3v) is 11.8. The van der Waals surface area contributed by atoms with E-state index in [0.717, 1.165) is 96.3 Å². The number of esters is 1. The average molecular weight is 911 g/mol. The molecule has 0 aromatic carbocycles. The van der Waals surface area contributed by atoms with Crippen molar-refractivity contribution in [2.24, 2.45) is 0 Å². The molecule has 0 aromatic rings. The van der Waals surface area contributed by atoms with Gasteiger partial charge in [-0.1, -0.05) is 177 Å². The number of hydrogen-bond donors (Lipinski definition) is 6. The second-order valence-corrected chi connectivity index (χ2v) is 18.0. The van der Waals surface area contributed by atoms with Crippen molar-refractivity contribution in [3.8, 4) is 0 Å². The van der Waals surface area contributed by atoms with Gasteiger partial charge >= 0.3 is 13.8 Å². The minimum atomic E-state index is -5.03. The highest BCUT2D eigenvalue weighted by Crippen LogP contribution is 2.47. The predicted octanol–water partition coefficient (Wildman–Crippen LogP) is 10.4. The standard InChI is InChI=1S/C50H87O12P/c1-3-5-7-9-11-13-15-17-18-19-20-21-22-23-24-25-26-27-28-30-32-34-36-38-40-59-41-43(61-44(51)39-37-35-33-31-29-16-14-12-10-8-6-4-2)42-60-63(57,58)62-50-48(55)46(53)45(52)47(54)49(50)56/h5,7,11,13,17-18,20-21,23-24,26-27,43,45-50,52-56H,3-4,6,8-10,12,14-16,19,22,25,28-42H2,1-2H3,(H,57,58)/b7-5-,13-11-,18-17-,21-20-,24-23-,27-26-. The summed E-state index contributed by atoms with van der Waals surface area (Å²) in [6.45, 7) is 4.09. The fraction of sp³-hybridized carbons (Fsp3) is 0.740. The lowest BCUT2D eigenvalue weighted by molar-refractivity contribution is -0.220. The number of unbranched alkanes of at least 4 members (excludes halogenated alkanes) is 16. The number of ether oxygens (including phenoxy) is 2. The maximum atomic E-state index is 12.8. The van der Waals surface area contributed by atoms with Gasteiger partial charge in [0.2, 0.25) is 0 Å². The van der Waals surface area contributed by atoms with Gasteiger partial charge in [0.05, 0.1) is 13.2 Å². The first-order valence-electron chi connectivity index (χ1n) is 24.3. The molecular weight excluding hydrogens is 824 g/mol. The molecule has 13 heteroatoms. The number of aliphatic hydroxyl groups excluding tert-OH is 5. The molecule has 0 amide bonds. The monoisotopic (exact) mass is 911 g/mol. The Morgan fingerprint density at radius 3 is 1.43 bits per heavy atom. The van der Waals surface area contributed by atoms with Crippen molar-refractivity contribution in [3.05, 3.63) is 72.9 Å². The van der Waals surface area contributed by atoms with Crippen LogP contribution in [0.5, 0.6) is 0 Å². The number of carbonyl (C=O) groups excluding carboxylic acids is 1. The van der Waals surface area contributed by atoms with E-state index in [2.05, 4.69) is 86.8 Å². The second kappa shape index (κ2) is 40.1. The van der Waals surface area contributed by atoms with Crippen LogP contribution in [-0.2, 0) is 27.9 Å². The number of allylic oxidation sites excluding steroid dienone is 12. The maximum absolute atomic E-state index is 12.8. The molecule has 0 heterocycles. The van der Waals surface area contributed by atoms with Crippen molar-refractivity contribution < 1.29 is 58.3 Å². The molecule has 6 unspecified atom stereocenters. The predicted molar refractivity (Wildman–Crippen MR) is 253 cm³/mol. The van der Waals surface area contributed by atoms with Crippen LogP contribution >= 0.6 is 7.82 Å². The number of phosphoric acid groups is 1. The third kappa shape index (κ3) is 32.2. The lowest BCUT2D eigenvalue weighted by Crippen LogP contribution is -2.64. The van der Waals surface area contributed by atoms with Crippen LogP contribution in [0.15, 0.2) is 72.9 Å². The fourth-order valence-electron chi connectivity index (χ4n) is 7.01. The molecule has 6 atom stereocenters. The summed E-state index contributed by atoms with van der Waals surface area (Å²) in [5.41, 5.74) is 0. The fourth-order valence-corrected chi connectivity index (χ4v) is 7.98. The summed E-state index contributed by atoms with van der Waals surface area (Å²) in [7, 11) is -5.03. The number of hydrogen-bond acceptors (Lipinski definition) is 11. The molecule has 1 rings (SSSR count). The molecule has 0 aliphatic heterocycles. The normalized spacial score (nSPS) is 22.5. The molecule has 1 aliphatic rings. The van der Waals surface area contributed by atoms with Gasteiger partial charge in [-0.2, -0.15) is 0 Å². The molecule has 0 saturated heterocycles. The second-order valence-electron chi connectivity index (χ2n) is 16.6. The highest BCUT2D eigenvalue weighted by molar-refractivity contribution is 7.47. The molecule has 1 fully saturated rings. The van der Waals surface area contributed by atoms with Crippen LogP contribution in [0, 0.1) is 0 Å². The van der Waals surface area contributed by atoms with E-state index in [1.54, 1.807) is 0 Å². The van der Waals surface area contributed by atoms with Crippen LogP contribution < -0.4 is 0 Å². The van der Waals surface area contributed by atoms with Crippen LogP contribution in [0.25, 0.3) is 0 Å². The molecule has 0 radical (unpaired) electrons. The zero-order valence-corrected chi connectivity index (χ0v) is 39.7. The minimum absolute atomic E-state index is 0.0921. The van der Waals surface area contributed by atoms with Gasteiger partial charge in [0.15, 0.2) is 0 Å². The van der Waals surface area contributed by atoms with E-state index in [1.165, 1.54) is 51.4 Å². The molecule has 0 bridgehead atoms. The van der Waals surface area contributed by atoms with Crippen molar-refractivity contribution in [1.82, 2.24) is 0 Å². The zero-order chi connectivity index (χ0) is 46.2. The smallest absolute Gasteiger partial charge is 0.457 e. The summed E-state index contributed by atoms with van der Waals surface area (Å²) < 4.78 is 34.2. The van der Waals surface area contributed by atoms with E-state index in [0.29, 0.717) is 13.0 Å². The molecule has 364 valence electrons. The van der Waals surface area contributed by atoms with Gasteiger partial charge < -0.3 is 39.9 Å². The van der Waals surface area contributed by atoms with Crippen LogP contribution in [-0.4, -0.2) is 98.9 Å². The van der Waals surface area contributed by atoms with Crippen molar-refractivity contribution in [1.29, 1.82) is 0 Å². The molecule has 12 nitrogen and oxygen atoms in total. The quantitative estimate of drug-likeness (QED) is 0.0148. The van der Waals surface area contributed by atoms with E-state index >= 15 is 0 Å². The Labute approximate surface area is 380 Å². The molecule has 0 spiro atoms. The maximum Gasteiger partial charge on any atom is 0.472 e. The lowest BCUT2D eigenvalue weighted by Gasteiger charge is -2.41. The van der Waals surface area contributed by atoms with Crippen molar-refractivity contribution in [2.75, 3.05) is 19.8 Å². The molecule has 0 aromatic heterocycles. The topological polar surface area (TPSA) is 192 Å². The van der Waals surface area contributed by atoms with Crippen LogP contribution in [0.3, 0.4) is 0 Å². The van der Waals surface area contributed by atoms with Gasteiger partial charge in [-0.3, -0.25) is 13.8 Å². The summed E-state index contributed by atoms with van der Waals surface area (Å²) in [5.74, 6) is -0.488. The van der Waals surface area contributed by atoms with Crippen LogP contribution in [0.4, 0.5) is 0 Å². The van der Waals surface area contributed by atoms with Crippen molar-refractivity contribution in [3.63, 3.8) is 0 Å². The van der Waals surface area contributed by atoms with Gasteiger partial charge in [-0.25, -0.2) is 4.57 Å². The number of aliphatic hydroxyl groups is 5. The largest absolute Gasteiger partial charge is 0.472 e. The van der Waals surface area contributed by atoms with Crippen molar-refractivity contribution in [2.45, 2.75) is 217 Å². The summed E-state index contributed by atoms with van der Waals surface area (Å²) >= 11 is 0. The van der Waals surface area contributed by atoms with Crippen LogP contribution in [0.2, 0.25) is 0 Å².